The zero-order valence-corrected chi connectivity index (χ0v) is 15.7. The van der Waals surface area contributed by atoms with Crippen molar-refractivity contribution in [1.29, 1.82) is 0 Å². The number of alkyl carbamates (subject to hydrolysis) is 1. The van der Waals surface area contributed by atoms with E-state index in [1.165, 1.54) is 5.56 Å². The van der Waals surface area contributed by atoms with Gasteiger partial charge in [-0.15, -0.1) is 0 Å². The molecule has 0 aliphatic heterocycles. The van der Waals surface area contributed by atoms with Gasteiger partial charge in [-0.1, -0.05) is 13.8 Å². The molecule has 1 aromatic heterocycles. The van der Waals surface area contributed by atoms with Gasteiger partial charge in [0.15, 0.2) is 0 Å². The van der Waals surface area contributed by atoms with Gasteiger partial charge in [-0.3, -0.25) is 4.68 Å². The maximum atomic E-state index is 11.8. The molecule has 2 atom stereocenters. The minimum absolute atomic E-state index is 0.150. The fourth-order valence-corrected chi connectivity index (χ4v) is 2.45. The number of nitrogens with one attached hydrogen (secondary N) is 2. The van der Waals surface area contributed by atoms with Crippen LogP contribution in [-0.2, 0) is 11.8 Å². The summed E-state index contributed by atoms with van der Waals surface area (Å²) in [5.41, 5.74) is 1.72. The standard InChI is InChI=1S/C17H32N4O2/c1-11(2)15(9-18-16(22)23-17(5,6)7)19-12(3)14-10-21(8)20-13(14)4/h10-12,15,19H,9H2,1-8H3,(H,18,22). The van der Waals surface area contributed by atoms with E-state index in [1.807, 2.05) is 45.6 Å². The molecule has 6 heteroatoms. The molecule has 1 amide bonds. The van der Waals surface area contributed by atoms with Gasteiger partial charge < -0.3 is 15.4 Å². The van der Waals surface area contributed by atoms with Crippen molar-refractivity contribution >= 4 is 6.09 Å². The number of hydrogen-bond donors (Lipinski definition) is 2. The van der Waals surface area contributed by atoms with Gasteiger partial charge in [0.05, 0.1) is 5.69 Å². The third-order valence-corrected chi connectivity index (χ3v) is 3.65. The second-order valence-corrected chi connectivity index (χ2v) is 7.47. The Morgan fingerprint density at radius 2 is 1.96 bits per heavy atom. The first-order valence-corrected chi connectivity index (χ1v) is 8.22. The van der Waals surface area contributed by atoms with E-state index in [2.05, 4.69) is 36.5 Å². The molecule has 0 saturated carbocycles. The Kier molecular flexibility index (Phi) is 6.62. The van der Waals surface area contributed by atoms with Crippen LogP contribution >= 0.6 is 0 Å². The molecule has 23 heavy (non-hydrogen) atoms. The highest BCUT2D eigenvalue weighted by Crippen LogP contribution is 2.17. The van der Waals surface area contributed by atoms with E-state index in [0.717, 1.165) is 5.69 Å². The summed E-state index contributed by atoms with van der Waals surface area (Å²) in [6.07, 6.45) is 1.65. The Labute approximate surface area is 140 Å². The summed E-state index contributed by atoms with van der Waals surface area (Å²) < 4.78 is 7.11. The lowest BCUT2D eigenvalue weighted by Gasteiger charge is -2.27. The predicted octanol–water partition coefficient (Wildman–Crippen LogP) is 2.93. The largest absolute Gasteiger partial charge is 0.444 e. The van der Waals surface area contributed by atoms with E-state index in [-0.39, 0.29) is 18.2 Å². The highest BCUT2D eigenvalue weighted by Gasteiger charge is 2.21. The van der Waals surface area contributed by atoms with Crippen LogP contribution in [0.4, 0.5) is 4.79 Å². The number of aromatic nitrogens is 2. The molecule has 6 nitrogen and oxygen atoms in total. The van der Waals surface area contributed by atoms with Crippen molar-refractivity contribution in [3.63, 3.8) is 0 Å². The monoisotopic (exact) mass is 324 g/mol. The summed E-state index contributed by atoms with van der Waals surface area (Å²) in [6.45, 7) is 14.5. The Morgan fingerprint density at radius 1 is 1.35 bits per heavy atom. The van der Waals surface area contributed by atoms with Crippen molar-refractivity contribution in [2.24, 2.45) is 13.0 Å². The first-order valence-electron chi connectivity index (χ1n) is 8.22. The first kappa shape index (κ1) is 19.5. The number of aryl methyl sites for hydroxylation is 2. The molecule has 132 valence electrons. The molecule has 0 fully saturated rings. The van der Waals surface area contributed by atoms with E-state index >= 15 is 0 Å². The van der Waals surface area contributed by atoms with Gasteiger partial charge in [-0.25, -0.2) is 4.79 Å². The van der Waals surface area contributed by atoms with Crippen molar-refractivity contribution in [2.75, 3.05) is 6.54 Å². The van der Waals surface area contributed by atoms with Crippen LogP contribution in [0.2, 0.25) is 0 Å². The molecule has 2 N–H and O–H groups in total. The van der Waals surface area contributed by atoms with E-state index in [0.29, 0.717) is 12.5 Å². The van der Waals surface area contributed by atoms with Crippen LogP contribution in [0.5, 0.6) is 0 Å². The van der Waals surface area contributed by atoms with Crippen molar-refractivity contribution in [1.82, 2.24) is 20.4 Å². The van der Waals surface area contributed by atoms with Gasteiger partial charge >= 0.3 is 6.09 Å². The number of ether oxygens (including phenoxy) is 1. The van der Waals surface area contributed by atoms with Crippen LogP contribution < -0.4 is 10.6 Å². The lowest BCUT2D eigenvalue weighted by Crippen LogP contribution is -2.46. The number of rotatable bonds is 6. The zero-order valence-electron chi connectivity index (χ0n) is 15.7. The van der Waals surface area contributed by atoms with Crippen molar-refractivity contribution in [2.45, 2.75) is 66.2 Å². The molecule has 0 aliphatic carbocycles. The maximum absolute atomic E-state index is 11.8. The van der Waals surface area contributed by atoms with E-state index in [9.17, 15) is 4.79 Å². The minimum atomic E-state index is -0.481. The normalized spacial score (nSPS) is 14.7. The number of amides is 1. The zero-order chi connectivity index (χ0) is 17.8. The fourth-order valence-electron chi connectivity index (χ4n) is 2.45. The molecule has 0 bridgehead atoms. The Morgan fingerprint density at radius 3 is 2.39 bits per heavy atom. The van der Waals surface area contributed by atoms with Crippen LogP contribution in [0, 0.1) is 12.8 Å². The van der Waals surface area contributed by atoms with Crippen molar-refractivity contribution in [3.05, 3.63) is 17.5 Å². The summed E-state index contributed by atoms with van der Waals surface area (Å²) in [5.74, 6) is 0.379. The van der Waals surface area contributed by atoms with Gasteiger partial charge in [0.2, 0.25) is 0 Å². The Hall–Kier alpha value is -1.56. The summed E-state index contributed by atoms with van der Waals surface area (Å²) in [7, 11) is 1.92. The molecule has 1 aromatic rings. The summed E-state index contributed by atoms with van der Waals surface area (Å²) >= 11 is 0. The topological polar surface area (TPSA) is 68.2 Å². The fraction of sp³-hybridized carbons (Fsp3) is 0.765. The van der Waals surface area contributed by atoms with Crippen LogP contribution in [0.25, 0.3) is 0 Å². The summed E-state index contributed by atoms with van der Waals surface area (Å²) in [4.78, 5) is 11.8. The number of carbonyl (C=O) groups is 1. The van der Waals surface area contributed by atoms with E-state index in [4.69, 9.17) is 4.74 Å². The molecule has 1 heterocycles. The molecule has 0 saturated heterocycles. The van der Waals surface area contributed by atoms with Crippen LogP contribution in [0.15, 0.2) is 6.20 Å². The van der Waals surface area contributed by atoms with Crippen molar-refractivity contribution in [3.8, 4) is 0 Å². The summed E-state index contributed by atoms with van der Waals surface area (Å²) in [5, 5.41) is 10.8. The summed E-state index contributed by atoms with van der Waals surface area (Å²) in [6, 6.07) is 0.314. The van der Waals surface area contributed by atoms with Crippen LogP contribution in [0.1, 0.15) is 58.8 Å². The molecular weight excluding hydrogens is 292 g/mol. The average molecular weight is 324 g/mol. The Balaban J connectivity index is 2.62. The van der Waals surface area contributed by atoms with Crippen LogP contribution in [-0.4, -0.2) is 34.1 Å². The van der Waals surface area contributed by atoms with Gasteiger partial charge in [-0.2, -0.15) is 5.10 Å². The highest BCUT2D eigenvalue weighted by molar-refractivity contribution is 5.67. The molecule has 0 aliphatic rings. The van der Waals surface area contributed by atoms with Gasteiger partial charge in [0, 0.05) is 37.4 Å². The van der Waals surface area contributed by atoms with Gasteiger partial charge in [0.1, 0.15) is 5.60 Å². The van der Waals surface area contributed by atoms with E-state index in [1.54, 1.807) is 0 Å². The molecular formula is C17H32N4O2. The molecule has 2 unspecified atom stereocenters. The molecule has 0 radical (unpaired) electrons. The van der Waals surface area contributed by atoms with Gasteiger partial charge in [0.25, 0.3) is 0 Å². The van der Waals surface area contributed by atoms with Gasteiger partial charge in [-0.05, 0) is 40.5 Å². The SMILES string of the molecule is Cc1nn(C)cc1C(C)NC(CNC(=O)OC(C)(C)C)C(C)C. The third kappa shape index (κ3) is 6.60. The Bertz CT molecular complexity index is 517. The van der Waals surface area contributed by atoms with Crippen molar-refractivity contribution < 1.29 is 9.53 Å². The quantitative estimate of drug-likeness (QED) is 0.844. The number of carbonyl (C=O) groups excluding carboxylic acids is 1. The lowest BCUT2D eigenvalue weighted by molar-refractivity contribution is 0.0518. The molecule has 1 rings (SSSR count). The minimum Gasteiger partial charge on any atom is -0.444 e. The number of nitrogens with zero attached hydrogens (tertiary/aromatic N) is 2. The second-order valence-electron chi connectivity index (χ2n) is 7.47. The lowest BCUT2D eigenvalue weighted by atomic mass is 10.0. The number of hydrogen-bond acceptors (Lipinski definition) is 4. The average Bonchev–Trinajstić information content (AvgIpc) is 2.70. The smallest absolute Gasteiger partial charge is 0.407 e. The molecule has 0 aromatic carbocycles. The third-order valence-electron chi connectivity index (χ3n) is 3.65. The van der Waals surface area contributed by atoms with Crippen LogP contribution in [0.3, 0.4) is 0 Å². The first-order chi connectivity index (χ1) is 10.5. The highest BCUT2D eigenvalue weighted by atomic mass is 16.6. The second kappa shape index (κ2) is 7.81. The maximum Gasteiger partial charge on any atom is 0.407 e. The predicted molar refractivity (Wildman–Crippen MR) is 92.4 cm³/mol. The molecule has 0 spiro atoms. The van der Waals surface area contributed by atoms with E-state index < -0.39 is 5.60 Å².